The van der Waals surface area contributed by atoms with Crippen LogP contribution >= 0.6 is 0 Å². The minimum atomic E-state index is -1.66. The molecule has 0 radical (unpaired) electrons. The molecule has 2 aliphatic rings. The fraction of sp³-hybridized carbons (Fsp3) is 0.409. The van der Waals surface area contributed by atoms with E-state index in [0.29, 0.717) is 23.0 Å². The highest BCUT2D eigenvalue weighted by atomic mass is 16.5. The zero-order valence-electron chi connectivity index (χ0n) is 16.2. The number of nitrogens with two attached hydrogens (primary N) is 1. The molecule has 0 bridgehead atoms. The maximum atomic E-state index is 10.1. The summed E-state index contributed by atoms with van der Waals surface area (Å²) in [6.07, 6.45) is 3.61. The fourth-order valence-electron chi connectivity index (χ4n) is 4.50. The van der Waals surface area contributed by atoms with Gasteiger partial charge in [0.2, 0.25) is 0 Å². The van der Waals surface area contributed by atoms with Crippen LogP contribution < -0.4 is 15.2 Å². The van der Waals surface area contributed by atoms with Gasteiger partial charge in [-0.1, -0.05) is 13.0 Å². The van der Waals surface area contributed by atoms with Gasteiger partial charge in [-0.25, -0.2) is 0 Å². The second kappa shape index (κ2) is 7.29. The molecular weight excluding hydrogens is 352 g/mol. The minimum absolute atomic E-state index is 0.0203. The van der Waals surface area contributed by atoms with Crippen LogP contribution in [-0.4, -0.2) is 14.2 Å². The summed E-state index contributed by atoms with van der Waals surface area (Å²) >= 11 is 0. The zero-order valence-corrected chi connectivity index (χ0v) is 16.2. The first-order valence-electron chi connectivity index (χ1n) is 9.12. The van der Waals surface area contributed by atoms with E-state index in [0.717, 1.165) is 18.4 Å². The minimum Gasteiger partial charge on any atom is -0.497 e. The monoisotopic (exact) mass is 374 g/mol. The van der Waals surface area contributed by atoms with E-state index >= 15 is 0 Å². The number of rotatable bonds is 3. The number of hydrogen-bond donors (Lipinski definition) is 1. The number of ether oxygens (including phenoxy) is 2. The molecular formula is C22H22N4O2. The van der Waals surface area contributed by atoms with E-state index < -0.39 is 11.3 Å². The van der Waals surface area contributed by atoms with Crippen LogP contribution in [0, 0.1) is 51.2 Å². The van der Waals surface area contributed by atoms with Crippen LogP contribution in [0.5, 0.6) is 11.5 Å². The molecule has 28 heavy (non-hydrogen) atoms. The molecule has 0 fully saturated rings. The van der Waals surface area contributed by atoms with Crippen molar-refractivity contribution in [2.45, 2.75) is 25.7 Å². The SMILES string of the molecule is COc1ccc(OC)c([C@@H]2[C@@H]3C[C@@H](C)CC=C3C(C#N)=C(N)C2(C#N)C#N)c1. The first-order chi connectivity index (χ1) is 13.5. The Hall–Kier alpha value is -3.43. The molecule has 0 saturated carbocycles. The second-order valence-corrected chi connectivity index (χ2v) is 7.36. The summed E-state index contributed by atoms with van der Waals surface area (Å²) in [5.41, 5.74) is 6.46. The summed E-state index contributed by atoms with van der Waals surface area (Å²) in [6.45, 7) is 2.13. The van der Waals surface area contributed by atoms with Crippen LogP contribution in [0.2, 0.25) is 0 Å². The number of hydrogen-bond acceptors (Lipinski definition) is 6. The summed E-state index contributed by atoms with van der Waals surface area (Å²) in [4.78, 5) is 0. The van der Waals surface area contributed by atoms with Gasteiger partial charge in [0.25, 0.3) is 0 Å². The third-order valence-corrected chi connectivity index (χ3v) is 5.88. The van der Waals surface area contributed by atoms with Gasteiger partial charge in [0.15, 0.2) is 5.41 Å². The van der Waals surface area contributed by atoms with Crippen LogP contribution in [0.1, 0.15) is 31.2 Å². The summed E-state index contributed by atoms with van der Waals surface area (Å²) in [5.74, 6) is 0.766. The van der Waals surface area contributed by atoms with Crippen molar-refractivity contribution < 1.29 is 9.47 Å². The molecule has 142 valence electrons. The summed E-state index contributed by atoms with van der Waals surface area (Å²) in [7, 11) is 3.11. The highest BCUT2D eigenvalue weighted by molar-refractivity contribution is 5.61. The molecule has 0 amide bonds. The number of allylic oxidation sites excluding steroid dienone is 4. The number of methoxy groups -OCH3 is 2. The summed E-state index contributed by atoms with van der Waals surface area (Å²) < 4.78 is 10.9. The second-order valence-electron chi connectivity index (χ2n) is 7.36. The summed E-state index contributed by atoms with van der Waals surface area (Å²) in [6, 6.07) is 11.8. The van der Waals surface area contributed by atoms with Gasteiger partial charge in [-0.3, -0.25) is 0 Å². The van der Waals surface area contributed by atoms with Crippen LogP contribution in [-0.2, 0) is 0 Å². The van der Waals surface area contributed by atoms with E-state index in [-0.39, 0.29) is 17.2 Å². The first kappa shape index (κ1) is 19.3. The van der Waals surface area contributed by atoms with Crippen LogP contribution in [0.4, 0.5) is 0 Å². The fourth-order valence-corrected chi connectivity index (χ4v) is 4.50. The lowest BCUT2D eigenvalue weighted by molar-refractivity contribution is 0.275. The van der Waals surface area contributed by atoms with Gasteiger partial charge >= 0.3 is 0 Å². The normalized spacial score (nSPS) is 25.4. The number of benzene rings is 1. The van der Waals surface area contributed by atoms with Crippen molar-refractivity contribution in [3.05, 3.63) is 46.7 Å². The Labute approximate surface area is 165 Å². The predicted molar refractivity (Wildman–Crippen MR) is 103 cm³/mol. The van der Waals surface area contributed by atoms with Gasteiger partial charge < -0.3 is 15.2 Å². The Kier molecular flexibility index (Phi) is 5.04. The van der Waals surface area contributed by atoms with Crippen LogP contribution in [0.15, 0.2) is 41.1 Å². The lowest BCUT2D eigenvalue weighted by atomic mass is 9.55. The van der Waals surface area contributed by atoms with Crippen molar-refractivity contribution in [1.82, 2.24) is 0 Å². The van der Waals surface area contributed by atoms with Gasteiger partial charge in [-0.05, 0) is 48.4 Å². The van der Waals surface area contributed by atoms with Crippen molar-refractivity contribution in [1.29, 1.82) is 15.8 Å². The maximum absolute atomic E-state index is 10.1. The maximum Gasteiger partial charge on any atom is 0.191 e. The number of fused-ring (bicyclic) bond motifs is 1. The van der Waals surface area contributed by atoms with Crippen molar-refractivity contribution in [3.8, 4) is 29.7 Å². The van der Waals surface area contributed by atoms with Crippen LogP contribution in [0.25, 0.3) is 0 Å². The third-order valence-electron chi connectivity index (χ3n) is 5.88. The first-order valence-corrected chi connectivity index (χ1v) is 9.12. The van der Waals surface area contributed by atoms with E-state index in [1.165, 1.54) is 0 Å². The largest absolute Gasteiger partial charge is 0.497 e. The van der Waals surface area contributed by atoms with E-state index in [2.05, 4.69) is 25.1 Å². The van der Waals surface area contributed by atoms with Crippen molar-refractivity contribution >= 4 is 0 Å². The Morgan fingerprint density at radius 1 is 1.14 bits per heavy atom. The molecule has 0 aliphatic heterocycles. The molecule has 0 unspecified atom stereocenters. The summed E-state index contributed by atoms with van der Waals surface area (Å²) in [5, 5.41) is 30.0. The lowest BCUT2D eigenvalue weighted by Gasteiger charge is -2.44. The molecule has 3 atom stereocenters. The van der Waals surface area contributed by atoms with Gasteiger partial charge in [0, 0.05) is 11.5 Å². The van der Waals surface area contributed by atoms with Crippen molar-refractivity contribution in [3.63, 3.8) is 0 Å². The Morgan fingerprint density at radius 2 is 1.86 bits per heavy atom. The van der Waals surface area contributed by atoms with E-state index in [1.807, 2.05) is 6.08 Å². The number of nitrogens with zero attached hydrogens (tertiary/aromatic N) is 3. The van der Waals surface area contributed by atoms with E-state index in [9.17, 15) is 15.8 Å². The van der Waals surface area contributed by atoms with Crippen LogP contribution in [0.3, 0.4) is 0 Å². The topological polar surface area (TPSA) is 116 Å². The average Bonchev–Trinajstić information content (AvgIpc) is 2.72. The quantitative estimate of drug-likeness (QED) is 0.865. The molecule has 0 aromatic heterocycles. The molecule has 2 aliphatic carbocycles. The van der Waals surface area contributed by atoms with Gasteiger partial charge in [0.1, 0.15) is 17.6 Å². The van der Waals surface area contributed by atoms with Gasteiger partial charge in [-0.2, -0.15) is 15.8 Å². The van der Waals surface area contributed by atoms with Crippen molar-refractivity contribution in [2.24, 2.45) is 23.0 Å². The molecule has 0 saturated heterocycles. The Morgan fingerprint density at radius 3 is 2.43 bits per heavy atom. The van der Waals surface area contributed by atoms with Gasteiger partial charge in [0.05, 0.1) is 37.6 Å². The molecule has 1 aromatic carbocycles. The van der Waals surface area contributed by atoms with E-state index in [1.54, 1.807) is 32.4 Å². The standard InChI is InChI=1S/C22H22N4O2/c1-13-4-6-15-16(8-13)20(17-9-14(27-2)5-7-19(17)28-3)22(11-24,12-25)21(26)18(15)10-23/h5-7,9,13,16,20H,4,8,26H2,1-3H3/t13-,16+,20-/m0/s1. The van der Waals surface area contributed by atoms with Crippen molar-refractivity contribution in [2.75, 3.05) is 14.2 Å². The highest BCUT2D eigenvalue weighted by Gasteiger charge is 2.55. The Bertz CT molecular complexity index is 973. The Balaban J connectivity index is 2.38. The number of nitriles is 3. The molecule has 6 nitrogen and oxygen atoms in total. The molecule has 3 rings (SSSR count). The van der Waals surface area contributed by atoms with Gasteiger partial charge in [-0.15, -0.1) is 0 Å². The molecule has 0 spiro atoms. The average molecular weight is 374 g/mol. The third kappa shape index (κ3) is 2.68. The molecule has 2 N–H and O–H groups in total. The lowest BCUT2D eigenvalue weighted by Crippen LogP contribution is -2.43. The smallest absolute Gasteiger partial charge is 0.191 e. The zero-order chi connectivity index (χ0) is 20.5. The van der Waals surface area contributed by atoms with E-state index in [4.69, 9.17) is 15.2 Å². The predicted octanol–water partition coefficient (Wildman–Crippen LogP) is 3.54. The molecule has 1 aromatic rings. The highest BCUT2D eigenvalue weighted by Crippen LogP contribution is 2.58. The molecule has 0 heterocycles. The molecule has 6 heteroatoms.